The third-order valence-electron chi connectivity index (χ3n) is 4.43. The van der Waals surface area contributed by atoms with E-state index in [2.05, 4.69) is 5.32 Å². The fourth-order valence-corrected chi connectivity index (χ4v) is 3.17. The number of carbonyl (C=O) groups is 1. The van der Waals surface area contributed by atoms with Crippen molar-refractivity contribution in [3.63, 3.8) is 0 Å². The molecule has 1 aliphatic carbocycles. The number of anilines is 1. The molecule has 7 nitrogen and oxygen atoms in total. The van der Waals surface area contributed by atoms with Crippen LogP contribution in [0.2, 0.25) is 0 Å². The van der Waals surface area contributed by atoms with Crippen molar-refractivity contribution in [2.75, 3.05) is 25.0 Å². The van der Waals surface area contributed by atoms with Gasteiger partial charge >= 0.3 is 0 Å². The van der Waals surface area contributed by atoms with Crippen molar-refractivity contribution in [1.29, 1.82) is 0 Å². The first-order valence-electron chi connectivity index (χ1n) is 7.97. The predicted octanol–water partition coefficient (Wildman–Crippen LogP) is 1.66. The number of likely N-dealkylation sites (N-methyl/N-ethyl adjacent to an activating group) is 1. The van der Waals surface area contributed by atoms with E-state index in [1.165, 1.54) is 6.07 Å². The SMILES string of the molecule is CN(CC(=O)NC1CCCCC1CN)c1ccccc1[N+](=O)[O-]. The van der Waals surface area contributed by atoms with E-state index in [0.29, 0.717) is 18.2 Å². The van der Waals surface area contributed by atoms with E-state index in [0.717, 1.165) is 25.7 Å². The quantitative estimate of drug-likeness (QED) is 0.613. The Hall–Kier alpha value is -2.15. The molecular formula is C16H24N4O3. The summed E-state index contributed by atoms with van der Waals surface area (Å²) in [5.41, 5.74) is 6.22. The van der Waals surface area contributed by atoms with E-state index in [4.69, 9.17) is 5.73 Å². The highest BCUT2D eigenvalue weighted by Gasteiger charge is 2.26. The number of nitrogens with two attached hydrogens (primary N) is 1. The number of amides is 1. The maximum Gasteiger partial charge on any atom is 0.292 e. The second-order valence-corrected chi connectivity index (χ2v) is 6.06. The first-order chi connectivity index (χ1) is 11.0. The van der Waals surface area contributed by atoms with Crippen LogP contribution >= 0.6 is 0 Å². The number of hydrogen-bond donors (Lipinski definition) is 2. The molecule has 126 valence electrons. The van der Waals surface area contributed by atoms with Crippen LogP contribution in [0.3, 0.4) is 0 Å². The van der Waals surface area contributed by atoms with Crippen molar-refractivity contribution in [2.45, 2.75) is 31.7 Å². The molecule has 0 aromatic heterocycles. The average molecular weight is 320 g/mol. The highest BCUT2D eigenvalue weighted by atomic mass is 16.6. The van der Waals surface area contributed by atoms with Crippen molar-refractivity contribution >= 4 is 17.3 Å². The molecule has 2 atom stereocenters. The summed E-state index contributed by atoms with van der Waals surface area (Å²) in [4.78, 5) is 24.5. The van der Waals surface area contributed by atoms with Gasteiger partial charge in [0.1, 0.15) is 5.69 Å². The van der Waals surface area contributed by atoms with Crippen molar-refractivity contribution < 1.29 is 9.72 Å². The van der Waals surface area contributed by atoms with Crippen LogP contribution in [0, 0.1) is 16.0 Å². The summed E-state index contributed by atoms with van der Waals surface area (Å²) in [5.74, 6) is 0.195. The van der Waals surface area contributed by atoms with Gasteiger partial charge in [-0.3, -0.25) is 14.9 Å². The second-order valence-electron chi connectivity index (χ2n) is 6.06. The lowest BCUT2D eigenvalue weighted by molar-refractivity contribution is -0.384. The number of nitrogens with zero attached hydrogens (tertiary/aromatic N) is 2. The Morgan fingerprint density at radius 1 is 1.39 bits per heavy atom. The molecule has 0 bridgehead atoms. The molecule has 1 aliphatic rings. The fraction of sp³-hybridized carbons (Fsp3) is 0.562. The van der Waals surface area contributed by atoms with E-state index in [-0.39, 0.29) is 24.2 Å². The molecule has 23 heavy (non-hydrogen) atoms. The molecule has 0 radical (unpaired) electrons. The molecule has 1 fully saturated rings. The van der Waals surface area contributed by atoms with Gasteiger partial charge in [-0.15, -0.1) is 0 Å². The van der Waals surface area contributed by atoms with E-state index >= 15 is 0 Å². The fourth-order valence-electron chi connectivity index (χ4n) is 3.17. The molecule has 7 heteroatoms. The van der Waals surface area contributed by atoms with Gasteiger partial charge in [0, 0.05) is 19.2 Å². The smallest absolute Gasteiger partial charge is 0.292 e. The zero-order valence-electron chi connectivity index (χ0n) is 13.4. The largest absolute Gasteiger partial charge is 0.360 e. The number of hydrogen-bond acceptors (Lipinski definition) is 5. The van der Waals surface area contributed by atoms with Crippen LogP contribution < -0.4 is 16.0 Å². The summed E-state index contributed by atoms with van der Waals surface area (Å²) in [7, 11) is 1.68. The Morgan fingerprint density at radius 3 is 2.78 bits per heavy atom. The average Bonchev–Trinajstić information content (AvgIpc) is 2.55. The van der Waals surface area contributed by atoms with Gasteiger partial charge in [0.05, 0.1) is 11.5 Å². The zero-order valence-corrected chi connectivity index (χ0v) is 13.4. The lowest BCUT2D eigenvalue weighted by Crippen LogP contribution is -2.47. The summed E-state index contributed by atoms with van der Waals surface area (Å²) in [6.07, 6.45) is 4.25. The van der Waals surface area contributed by atoms with Gasteiger partial charge in [-0.2, -0.15) is 0 Å². The first kappa shape index (κ1) is 17.2. The Bertz CT molecular complexity index is 564. The number of carbonyl (C=O) groups excluding carboxylic acids is 1. The molecule has 1 aromatic carbocycles. The maximum atomic E-state index is 12.3. The molecule has 3 N–H and O–H groups in total. The number of benzene rings is 1. The molecule has 1 aromatic rings. The zero-order chi connectivity index (χ0) is 16.8. The summed E-state index contributed by atoms with van der Waals surface area (Å²) < 4.78 is 0. The van der Waals surface area contributed by atoms with Gasteiger partial charge in [-0.1, -0.05) is 25.0 Å². The lowest BCUT2D eigenvalue weighted by atomic mass is 9.84. The van der Waals surface area contributed by atoms with Crippen molar-refractivity contribution in [2.24, 2.45) is 11.7 Å². The number of rotatable bonds is 6. The normalized spacial score (nSPS) is 20.8. The summed E-state index contributed by atoms with van der Waals surface area (Å²) >= 11 is 0. The third-order valence-corrected chi connectivity index (χ3v) is 4.43. The molecule has 0 spiro atoms. The second kappa shape index (κ2) is 7.92. The molecular weight excluding hydrogens is 296 g/mol. The van der Waals surface area contributed by atoms with Crippen LogP contribution in [0.1, 0.15) is 25.7 Å². The molecule has 0 aliphatic heterocycles. The Balaban J connectivity index is 1.98. The molecule has 0 saturated heterocycles. The number of nitrogens with one attached hydrogen (secondary N) is 1. The van der Waals surface area contributed by atoms with E-state index in [1.54, 1.807) is 30.1 Å². The monoisotopic (exact) mass is 320 g/mol. The summed E-state index contributed by atoms with van der Waals surface area (Å²) in [5, 5.41) is 14.1. The summed E-state index contributed by atoms with van der Waals surface area (Å²) in [6, 6.07) is 6.54. The third kappa shape index (κ3) is 4.41. The van der Waals surface area contributed by atoms with E-state index in [1.807, 2.05) is 0 Å². The molecule has 2 unspecified atom stereocenters. The van der Waals surface area contributed by atoms with Crippen LogP contribution in [-0.2, 0) is 4.79 Å². The Labute approximate surface area is 136 Å². The summed E-state index contributed by atoms with van der Waals surface area (Å²) in [6.45, 7) is 0.656. The Morgan fingerprint density at radius 2 is 2.09 bits per heavy atom. The highest BCUT2D eigenvalue weighted by Crippen LogP contribution is 2.27. The van der Waals surface area contributed by atoms with Crippen LogP contribution in [-0.4, -0.2) is 37.0 Å². The first-order valence-corrected chi connectivity index (χ1v) is 7.97. The minimum Gasteiger partial charge on any atom is -0.360 e. The highest BCUT2D eigenvalue weighted by molar-refractivity contribution is 5.82. The minimum atomic E-state index is -0.435. The molecule has 2 rings (SSSR count). The lowest BCUT2D eigenvalue weighted by Gasteiger charge is -2.32. The van der Waals surface area contributed by atoms with Crippen molar-refractivity contribution in [3.05, 3.63) is 34.4 Å². The molecule has 0 heterocycles. The van der Waals surface area contributed by atoms with Gasteiger partial charge in [0.15, 0.2) is 0 Å². The Kier molecular flexibility index (Phi) is 5.92. The van der Waals surface area contributed by atoms with Crippen molar-refractivity contribution in [3.8, 4) is 0 Å². The van der Waals surface area contributed by atoms with Gasteiger partial charge in [0.25, 0.3) is 5.69 Å². The van der Waals surface area contributed by atoms with Gasteiger partial charge in [0.2, 0.25) is 5.91 Å². The van der Waals surface area contributed by atoms with Crippen LogP contribution in [0.4, 0.5) is 11.4 Å². The number of para-hydroxylation sites is 2. The molecule has 1 amide bonds. The topological polar surface area (TPSA) is 102 Å². The van der Waals surface area contributed by atoms with Crippen LogP contribution in [0.25, 0.3) is 0 Å². The molecule has 1 saturated carbocycles. The maximum absolute atomic E-state index is 12.3. The van der Waals surface area contributed by atoms with E-state index < -0.39 is 4.92 Å². The van der Waals surface area contributed by atoms with Crippen molar-refractivity contribution in [1.82, 2.24) is 5.32 Å². The van der Waals surface area contributed by atoms with E-state index in [9.17, 15) is 14.9 Å². The van der Waals surface area contributed by atoms with Gasteiger partial charge in [-0.05, 0) is 31.4 Å². The van der Waals surface area contributed by atoms with Gasteiger partial charge in [-0.25, -0.2) is 0 Å². The van der Waals surface area contributed by atoms with Crippen LogP contribution in [0.5, 0.6) is 0 Å². The standard InChI is InChI=1S/C16H24N4O3/c1-19(14-8-4-5-9-15(14)20(22)23)11-16(21)18-13-7-3-2-6-12(13)10-17/h4-5,8-9,12-13H,2-3,6-7,10-11,17H2,1H3,(H,18,21). The van der Waals surface area contributed by atoms with Gasteiger partial charge < -0.3 is 16.0 Å². The number of nitro benzene ring substituents is 1. The van der Waals surface area contributed by atoms with Crippen LogP contribution in [0.15, 0.2) is 24.3 Å². The minimum absolute atomic E-state index is 0.000279. The predicted molar refractivity (Wildman–Crippen MR) is 89.3 cm³/mol. The number of nitro groups is 1.